The molecular formula is C6H8FeO6+5. The fourth-order valence-electron chi connectivity index (χ4n) is 0.823. The van der Waals surface area contributed by atoms with Crippen LogP contribution >= 0.6 is 0 Å². The van der Waals surface area contributed by atoms with E-state index in [1.165, 1.54) is 0 Å². The number of esters is 1. The molecule has 1 aliphatic heterocycles. The monoisotopic (exact) mass is 232 g/mol. The van der Waals surface area contributed by atoms with E-state index in [1.807, 2.05) is 0 Å². The van der Waals surface area contributed by atoms with Gasteiger partial charge < -0.3 is 25.2 Å². The number of hydrogen-bond donors (Lipinski definition) is 4. The van der Waals surface area contributed by atoms with Crippen LogP contribution in [0.1, 0.15) is 0 Å². The quantitative estimate of drug-likeness (QED) is 0.344. The van der Waals surface area contributed by atoms with Crippen molar-refractivity contribution in [1.29, 1.82) is 0 Å². The van der Waals surface area contributed by atoms with Gasteiger partial charge in [-0.1, -0.05) is 0 Å². The van der Waals surface area contributed by atoms with Crippen molar-refractivity contribution in [1.82, 2.24) is 0 Å². The van der Waals surface area contributed by atoms with Crippen molar-refractivity contribution in [2.45, 2.75) is 12.2 Å². The molecule has 1 aliphatic rings. The normalized spacial score (nSPS) is 23.8. The van der Waals surface area contributed by atoms with E-state index in [2.05, 4.69) is 4.74 Å². The molecule has 0 aromatic rings. The van der Waals surface area contributed by atoms with Crippen LogP contribution in [-0.4, -0.2) is 45.2 Å². The molecule has 0 amide bonds. The number of carbonyl (C=O) groups is 1. The number of aliphatic hydroxyl groups excluding tert-OH is 4. The second kappa shape index (κ2) is 4.48. The molecule has 71 valence electrons. The minimum Gasteiger partial charge on any atom is -0.505 e. The zero-order valence-corrected chi connectivity index (χ0v) is 7.42. The van der Waals surface area contributed by atoms with Crippen molar-refractivity contribution in [2.75, 3.05) is 6.61 Å². The second-order valence-corrected chi connectivity index (χ2v) is 2.31. The fraction of sp³-hybridized carbons (Fsp3) is 0.500. The molecule has 0 aromatic heterocycles. The first kappa shape index (κ1) is 12.2. The topological polar surface area (TPSA) is 107 Å². The minimum atomic E-state index is -1.42. The molecule has 2 atom stereocenters. The van der Waals surface area contributed by atoms with Gasteiger partial charge in [0.05, 0.1) is 6.61 Å². The van der Waals surface area contributed by atoms with Gasteiger partial charge in [0.2, 0.25) is 5.76 Å². The Hall–Kier alpha value is -0.751. The molecule has 0 unspecified atom stereocenters. The van der Waals surface area contributed by atoms with Crippen LogP contribution in [0, 0.1) is 0 Å². The van der Waals surface area contributed by atoms with Crippen molar-refractivity contribution >= 4 is 5.97 Å². The van der Waals surface area contributed by atoms with Gasteiger partial charge in [0.25, 0.3) is 0 Å². The van der Waals surface area contributed by atoms with Gasteiger partial charge in [0.1, 0.15) is 6.10 Å². The van der Waals surface area contributed by atoms with E-state index in [1.54, 1.807) is 0 Å². The maximum absolute atomic E-state index is 10.5. The van der Waals surface area contributed by atoms with E-state index in [9.17, 15) is 4.79 Å². The SMILES string of the molecule is O=C1O[C@H]([C@@H](O)CO)C(O)=C1O.[Fe+5]. The summed E-state index contributed by atoms with van der Waals surface area (Å²) in [5.74, 6) is -2.78. The van der Waals surface area contributed by atoms with Crippen LogP contribution in [0.5, 0.6) is 0 Å². The predicted molar refractivity (Wildman–Crippen MR) is 35.3 cm³/mol. The van der Waals surface area contributed by atoms with Gasteiger partial charge in [-0.3, -0.25) is 0 Å². The first-order valence-corrected chi connectivity index (χ1v) is 3.20. The number of carbonyl (C=O) groups excluding carboxylic acids is 1. The van der Waals surface area contributed by atoms with Crippen molar-refractivity contribution in [3.05, 3.63) is 11.5 Å². The third-order valence-corrected chi connectivity index (χ3v) is 1.48. The van der Waals surface area contributed by atoms with Crippen molar-refractivity contribution in [3.63, 3.8) is 0 Å². The van der Waals surface area contributed by atoms with Crippen LogP contribution in [0.4, 0.5) is 0 Å². The Labute approximate surface area is 83.9 Å². The van der Waals surface area contributed by atoms with E-state index in [-0.39, 0.29) is 17.1 Å². The van der Waals surface area contributed by atoms with Crippen LogP contribution in [0.25, 0.3) is 0 Å². The molecule has 4 N–H and O–H groups in total. The zero-order chi connectivity index (χ0) is 9.30. The molecule has 0 aliphatic carbocycles. The van der Waals surface area contributed by atoms with E-state index in [4.69, 9.17) is 20.4 Å². The number of ether oxygens (including phenoxy) is 1. The summed E-state index contributed by atoms with van der Waals surface area (Å²) < 4.78 is 4.32. The van der Waals surface area contributed by atoms with Gasteiger partial charge in [-0.15, -0.1) is 0 Å². The van der Waals surface area contributed by atoms with Gasteiger partial charge in [-0.2, -0.15) is 0 Å². The summed E-state index contributed by atoms with van der Waals surface area (Å²) in [6, 6.07) is 0. The number of cyclic esters (lactones) is 1. The molecule has 0 saturated carbocycles. The van der Waals surface area contributed by atoms with E-state index >= 15 is 0 Å². The van der Waals surface area contributed by atoms with Gasteiger partial charge in [0, 0.05) is 0 Å². The summed E-state index contributed by atoms with van der Waals surface area (Å²) in [5.41, 5.74) is 0. The molecule has 0 aromatic carbocycles. The molecule has 6 nitrogen and oxygen atoms in total. The third-order valence-electron chi connectivity index (χ3n) is 1.48. The van der Waals surface area contributed by atoms with Crippen LogP contribution in [-0.2, 0) is 26.6 Å². The standard InChI is InChI=1S/C6H8O6.Fe/c7-1-2(8)5-3(9)4(10)6(11)12-5;/h2,5,7-10H,1H2;/q;+5/t2-,5+;/m0./s1. The van der Waals surface area contributed by atoms with Crippen LogP contribution < -0.4 is 0 Å². The van der Waals surface area contributed by atoms with Crippen LogP contribution in [0.3, 0.4) is 0 Å². The van der Waals surface area contributed by atoms with Gasteiger partial charge in [-0.05, 0) is 0 Å². The number of rotatable bonds is 2. The maximum Gasteiger partial charge on any atom is 5.00 e. The molecule has 1 rings (SSSR count). The largest absolute Gasteiger partial charge is 5.00 e. The van der Waals surface area contributed by atoms with Crippen molar-refractivity contribution in [2.24, 2.45) is 0 Å². The summed E-state index contributed by atoms with van der Waals surface area (Å²) >= 11 is 0. The maximum atomic E-state index is 10.5. The summed E-state index contributed by atoms with van der Waals surface area (Å²) in [4.78, 5) is 10.5. The summed E-state index contributed by atoms with van der Waals surface area (Å²) in [6.45, 7) is -0.671. The van der Waals surface area contributed by atoms with Crippen molar-refractivity contribution in [3.8, 4) is 0 Å². The Kier molecular flexibility index (Phi) is 4.22. The van der Waals surface area contributed by atoms with E-state index in [0.29, 0.717) is 0 Å². The van der Waals surface area contributed by atoms with E-state index < -0.39 is 36.3 Å². The first-order valence-electron chi connectivity index (χ1n) is 3.20. The van der Waals surface area contributed by atoms with Crippen LogP contribution in [0.2, 0.25) is 0 Å². The predicted octanol–water partition coefficient (Wildman–Crippen LogP) is -1.41. The van der Waals surface area contributed by atoms with Crippen molar-refractivity contribution < 1.29 is 47.0 Å². The second-order valence-electron chi connectivity index (χ2n) is 2.31. The van der Waals surface area contributed by atoms with Gasteiger partial charge >= 0.3 is 23.0 Å². The molecule has 1 heterocycles. The number of aliphatic hydroxyl groups is 4. The summed E-state index contributed by atoms with van der Waals surface area (Å²) in [5, 5.41) is 35.0. The van der Waals surface area contributed by atoms with Crippen LogP contribution in [0.15, 0.2) is 11.5 Å². The Morgan fingerprint density at radius 2 is 2.00 bits per heavy atom. The first-order chi connectivity index (χ1) is 5.57. The molecule has 0 fully saturated rings. The summed E-state index contributed by atoms with van der Waals surface area (Å²) in [6.07, 6.45) is -2.78. The number of hydrogen-bond acceptors (Lipinski definition) is 6. The molecule has 0 spiro atoms. The fourth-order valence-corrected chi connectivity index (χ4v) is 0.823. The van der Waals surface area contributed by atoms with E-state index in [0.717, 1.165) is 0 Å². The summed E-state index contributed by atoms with van der Waals surface area (Å²) in [7, 11) is 0. The Morgan fingerprint density at radius 3 is 2.31 bits per heavy atom. The molecule has 13 heavy (non-hydrogen) atoms. The molecular weight excluding hydrogens is 224 g/mol. The molecule has 1 radical (unpaired) electrons. The van der Waals surface area contributed by atoms with Gasteiger partial charge in [0.15, 0.2) is 11.9 Å². The Morgan fingerprint density at radius 1 is 1.46 bits per heavy atom. The molecule has 0 saturated heterocycles. The Balaban J connectivity index is 0.00000144. The average molecular weight is 232 g/mol. The zero-order valence-electron chi connectivity index (χ0n) is 6.32. The minimum absolute atomic E-state index is 0. The smallest absolute Gasteiger partial charge is 0.505 e. The van der Waals surface area contributed by atoms with Gasteiger partial charge in [-0.25, -0.2) is 4.79 Å². The Bertz CT molecular complexity index is 237. The molecule has 0 bridgehead atoms. The average Bonchev–Trinajstić information content (AvgIpc) is 2.32. The molecule has 7 heteroatoms. The third kappa shape index (κ3) is 2.13.